The number of fused-ring (bicyclic) bond motifs is 3. The third-order valence-corrected chi connectivity index (χ3v) is 8.94. The van der Waals surface area contributed by atoms with Crippen molar-refractivity contribution in [2.45, 2.75) is 89.1 Å². The molecule has 4 atom stereocenters. The van der Waals surface area contributed by atoms with E-state index in [1.807, 2.05) is 86.3 Å². The van der Waals surface area contributed by atoms with Gasteiger partial charge in [0.05, 0.1) is 22.9 Å². The van der Waals surface area contributed by atoms with Crippen LogP contribution < -0.4 is 10.1 Å². The van der Waals surface area contributed by atoms with E-state index in [0.29, 0.717) is 11.5 Å². The van der Waals surface area contributed by atoms with Gasteiger partial charge in [-0.25, -0.2) is 4.79 Å². The summed E-state index contributed by atoms with van der Waals surface area (Å²) in [4.78, 5) is 32.6. The molecule has 2 aromatic carbocycles. The molecule has 4 heterocycles. The standard InChI is InChI=1S/C35H39N5O4/c1-35(2,3)44-34(42)40-24-12-13-25(40)20-27(19-24)43-26-14-9-21(10-15-26)31-28-18-23(11-16-29(28)38-39-31)33(41)37-32(22-7-8-22)30-6-4-5-17-36-30/h4-6,9-11,14-18,22,24-25,27,32H,7-8,12-13,19-20H2,1-3H3,(H,37,41)(H,38,39)/t24-,25+,27?,32-/m0/s1. The van der Waals surface area contributed by atoms with Crippen LogP contribution in [0.15, 0.2) is 66.9 Å². The molecule has 0 radical (unpaired) electrons. The highest BCUT2D eigenvalue weighted by Gasteiger charge is 2.45. The lowest BCUT2D eigenvalue weighted by Crippen LogP contribution is -2.50. The minimum absolute atomic E-state index is 0.0508. The molecule has 7 rings (SSSR count). The molecule has 1 unspecified atom stereocenters. The molecule has 1 aliphatic carbocycles. The number of ether oxygens (including phenoxy) is 2. The van der Waals surface area contributed by atoms with E-state index < -0.39 is 5.60 Å². The van der Waals surface area contributed by atoms with E-state index in [4.69, 9.17) is 9.47 Å². The van der Waals surface area contributed by atoms with Gasteiger partial charge in [-0.05, 0) is 107 Å². The number of hydrogen-bond donors (Lipinski definition) is 2. The van der Waals surface area contributed by atoms with E-state index >= 15 is 0 Å². The number of aromatic nitrogens is 3. The van der Waals surface area contributed by atoms with E-state index in [9.17, 15) is 9.59 Å². The predicted molar refractivity (Wildman–Crippen MR) is 167 cm³/mol. The van der Waals surface area contributed by atoms with Gasteiger partial charge in [-0.15, -0.1) is 0 Å². The molecule has 2 amide bonds. The summed E-state index contributed by atoms with van der Waals surface area (Å²) < 4.78 is 12.1. The van der Waals surface area contributed by atoms with Gasteiger partial charge in [-0.1, -0.05) is 6.07 Å². The van der Waals surface area contributed by atoms with Crippen LogP contribution in [-0.2, 0) is 4.74 Å². The first-order chi connectivity index (χ1) is 21.2. The van der Waals surface area contributed by atoms with Crippen LogP contribution in [0, 0.1) is 5.92 Å². The number of amides is 2. The van der Waals surface area contributed by atoms with Crippen LogP contribution in [0.4, 0.5) is 4.79 Å². The van der Waals surface area contributed by atoms with Crippen molar-refractivity contribution in [2.75, 3.05) is 0 Å². The highest BCUT2D eigenvalue weighted by molar-refractivity contribution is 6.01. The lowest BCUT2D eigenvalue weighted by atomic mass is 10.00. The number of carbonyl (C=O) groups excluding carboxylic acids is 2. The van der Waals surface area contributed by atoms with Crippen LogP contribution in [-0.4, -0.2) is 55.9 Å². The first-order valence-corrected chi connectivity index (χ1v) is 15.7. The number of benzene rings is 2. The fraction of sp³-hybridized carbons (Fsp3) is 0.429. The fourth-order valence-corrected chi connectivity index (χ4v) is 6.74. The van der Waals surface area contributed by atoms with Crippen LogP contribution in [0.25, 0.3) is 22.2 Å². The minimum atomic E-state index is -0.502. The number of nitrogens with one attached hydrogen (secondary N) is 2. The summed E-state index contributed by atoms with van der Waals surface area (Å²) >= 11 is 0. The van der Waals surface area contributed by atoms with Gasteiger partial charge in [0.2, 0.25) is 0 Å². The first kappa shape index (κ1) is 28.4. The molecular weight excluding hydrogens is 554 g/mol. The molecule has 3 aliphatic rings. The molecule has 2 bridgehead atoms. The summed E-state index contributed by atoms with van der Waals surface area (Å²) in [7, 11) is 0. The van der Waals surface area contributed by atoms with Crippen molar-refractivity contribution in [3.05, 3.63) is 78.1 Å². The van der Waals surface area contributed by atoms with Crippen molar-refractivity contribution < 1.29 is 19.1 Å². The van der Waals surface area contributed by atoms with Crippen molar-refractivity contribution >= 4 is 22.9 Å². The molecule has 2 saturated heterocycles. The maximum absolute atomic E-state index is 13.4. The summed E-state index contributed by atoms with van der Waals surface area (Å²) in [6.45, 7) is 5.72. The van der Waals surface area contributed by atoms with Crippen LogP contribution >= 0.6 is 0 Å². The zero-order valence-electron chi connectivity index (χ0n) is 25.5. The SMILES string of the molecule is CC(C)(C)OC(=O)N1[C@@H]2CC[C@H]1CC(Oc1ccc(-c3n[nH]c4ccc(C(=O)N[C@H](c5ccccn5)C5CC5)cc34)cc1)C2. The van der Waals surface area contributed by atoms with Crippen molar-refractivity contribution in [2.24, 2.45) is 5.92 Å². The summed E-state index contributed by atoms with van der Waals surface area (Å²) in [6.07, 6.45) is 7.37. The van der Waals surface area contributed by atoms with Crippen molar-refractivity contribution in [3.63, 3.8) is 0 Å². The van der Waals surface area contributed by atoms with Gasteiger partial charge in [0.15, 0.2) is 0 Å². The molecule has 9 heteroatoms. The number of H-pyrrole nitrogens is 1. The zero-order valence-corrected chi connectivity index (χ0v) is 25.5. The summed E-state index contributed by atoms with van der Waals surface area (Å²) in [5.74, 6) is 1.11. The Hall–Kier alpha value is -4.40. The van der Waals surface area contributed by atoms with Crippen LogP contribution in [0.5, 0.6) is 5.75 Å². The van der Waals surface area contributed by atoms with E-state index in [2.05, 4.69) is 20.5 Å². The average molecular weight is 594 g/mol. The first-order valence-electron chi connectivity index (χ1n) is 15.7. The Bertz CT molecular complexity index is 1640. The Morgan fingerprint density at radius 2 is 1.73 bits per heavy atom. The number of piperidine rings is 1. The predicted octanol–water partition coefficient (Wildman–Crippen LogP) is 6.82. The van der Waals surface area contributed by atoms with Gasteiger partial charge in [0, 0.05) is 47.6 Å². The van der Waals surface area contributed by atoms with Crippen molar-refractivity contribution in [1.82, 2.24) is 25.4 Å². The van der Waals surface area contributed by atoms with E-state index in [1.54, 1.807) is 6.20 Å². The Balaban J connectivity index is 1.03. The van der Waals surface area contributed by atoms with E-state index in [1.165, 1.54) is 0 Å². The summed E-state index contributed by atoms with van der Waals surface area (Å²) in [5, 5.41) is 11.8. The number of hydrogen-bond acceptors (Lipinski definition) is 6. The summed E-state index contributed by atoms with van der Waals surface area (Å²) in [5.41, 5.74) is 3.58. The monoisotopic (exact) mass is 593 g/mol. The topological polar surface area (TPSA) is 109 Å². The normalized spacial score (nSPS) is 22.1. The Morgan fingerprint density at radius 3 is 2.39 bits per heavy atom. The van der Waals surface area contributed by atoms with Crippen LogP contribution in [0.3, 0.4) is 0 Å². The van der Waals surface area contributed by atoms with Crippen LogP contribution in [0.1, 0.15) is 81.4 Å². The van der Waals surface area contributed by atoms with Gasteiger partial charge in [-0.2, -0.15) is 5.10 Å². The Kier molecular flexibility index (Phi) is 7.26. The quantitative estimate of drug-likeness (QED) is 0.244. The van der Waals surface area contributed by atoms with Gasteiger partial charge in [-0.3, -0.25) is 14.9 Å². The number of rotatable bonds is 7. The van der Waals surface area contributed by atoms with E-state index in [-0.39, 0.29) is 36.2 Å². The second kappa shape index (κ2) is 11.3. The van der Waals surface area contributed by atoms with Gasteiger partial charge < -0.3 is 19.7 Å². The molecule has 44 heavy (non-hydrogen) atoms. The van der Waals surface area contributed by atoms with Gasteiger partial charge >= 0.3 is 6.09 Å². The third-order valence-electron chi connectivity index (χ3n) is 8.94. The number of aromatic amines is 1. The van der Waals surface area contributed by atoms with Gasteiger partial charge in [0.1, 0.15) is 17.5 Å². The Morgan fingerprint density at radius 1 is 0.977 bits per heavy atom. The van der Waals surface area contributed by atoms with Crippen molar-refractivity contribution in [1.29, 1.82) is 0 Å². The molecule has 9 nitrogen and oxygen atoms in total. The number of nitrogens with zero attached hydrogens (tertiary/aromatic N) is 3. The van der Waals surface area contributed by atoms with Gasteiger partial charge in [0.25, 0.3) is 5.91 Å². The molecule has 228 valence electrons. The maximum Gasteiger partial charge on any atom is 0.410 e. The second-order valence-corrected chi connectivity index (χ2v) is 13.4. The lowest BCUT2D eigenvalue weighted by molar-refractivity contribution is -0.00708. The lowest BCUT2D eigenvalue weighted by Gasteiger charge is -2.39. The average Bonchev–Trinajstić information content (AvgIpc) is 3.69. The molecule has 4 aromatic rings. The highest BCUT2D eigenvalue weighted by Crippen LogP contribution is 2.41. The second-order valence-electron chi connectivity index (χ2n) is 13.4. The zero-order chi connectivity index (χ0) is 30.4. The molecule has 2 N–H and O–H groups in total. The molecule has 1 saturated carbocycles. The minimum Gasteiger partial charge on any atom is -0.490 e. The molecular formula is C35H39N5O4. The fourth-order valence-electron chi connectivity index (χ4n) is 6.74. The number of pyridine rings is 1. The third kappa shape index (κ3) is 5.87. The van der Waals surface area contributed by atoms with E-state index in [0.717, 1.165) is 72.1 Å². The highest BCUT2D eigenvalue weighted by atomic mass is 16.6. The molecule has 3 fully saturated rings. The van der Waals surface area contributed by atoms with Crippen LogP contribution in [0.2, 0.25) is 0 Å². The molecule has 2 aliphatic heterocycles. The Labute approximate surface area is 257 Å². The molecule has 0 spiro atoms. The molecule has 2 aromatic heterocycles. The number of carbonyl (C=O) groups is 2. The maximum atomic E-state index is 13.4. The smallest absolute Gasteiger partial charge is 0.410 e. The largest absolute Gasteiger partial charge is 0.490 e. The summed E-state index contributed by atoms with van der Waals surface area (Å²) in [6, 6.07) is 19.7. The van der Waals surface area contributed by atoms with Crippen molar-refractivity contribution in [3.8, 4) is 17.0 Å².